The molecule has 0 aromatic heterocycles. The molecule has 1 unspecified atom stereocenters. The van der Waals surface area contributed by atoms with Gasteiger partial charge in [0.25, 0.3) is 5.91 Å². The van der Waals surface area contributed by atoms with Gasteiger partial charge >= 0.3 is 5.97 Å². The van der Waals surface area contributed by atoms with Crippen LogP contribution in [0.5, 0.6) is 0 Å². The number of amides is 1. The Morgan fingerprint density at radius 2 is 1.75 bits per heavy atom. The molecule has 3 rings (SSSR count). The zero-order valence-electron chi connectivity index (χ0n) is 10.7. The minimum atomic E-state index is -0.845. The van der Waals surface area contributed by atoms with Crippen LogP contribution in [0, 0.1) is 0 Å². The SMILES string of the molecule is O=C(Cc1ccccc1)OC1C(=O)Nc2ccccc21. The molecule has 20 heavy (non-hydrogen) atoms. The van der Waals surface area contributed by atoms with Gasteiger partial charge in [0.1, 0.15) is 0 Å². The average molecular weight is 267 g/mol. The fourth-order valence-electron chi connectivity index (χ4n) is 2.23. The number of ether oxygens (including phenoxy) is 1. The molecule has 2 aromatic carbocycles. The first-order valence-corrected chi connectivity index (χ1v) is 6.37. The highest BCUT2D eigenvalue weighted by Crippen LogP contribution is 2.33. The lowest BCUT2D eigenvalue weighted by atomic mass is 10.1. The van der Waals surface area contributed by atoms with E-state index in [-0.39, 0.29) is 12.3 Å². The Morgan fingerprint density at radius 3 is 2.55 bits per heavy atom. The van der Waals surface area contributed by atoms with Gasteiger partial charge in [-0.15, -0.1) is 0 Å². The number of carbonyl (C=O) groups is 2. The number of carbonyl (C=O) groups excluding carboxylic acids is 2. The Kier molecular flexibility index (Phi) is 3.21. The van der Waals surface area contributed by atoms with Crippen LogP contribution in [0.3, 0.4) is 0 Å². The van der Waals surface area contributed by atoms with Crippen LogP contribution < -0.4 is 5.32 Å². The molecule has 0 fully saturated rings. The number of benzene rings is 2. The van der Waals surface area contributed by atoms with Crippen molar-refractivity contribution in [2.45, 2.75) is 12.5 Å². The summed E-state index contributed by atoms with van der Waals surface area (Å²) in [5.74, 6) is -0.708. The van der Waals surface area contributed by atoms with Gasteiger partial charge in [-0.3, -0.25) is 9.59 Å². The predicted octanol–water partition coefficient (Wildman–Crippen LogP) is 2.47. The number of esters is 1. The molecule has 1 atom stereocenters. The molecule has 1 heterocycles. The third-order valence-corrected chi connectivity index (χ3v) is 3.18. The van der Waals surface area contributed by atoms with E-state index in [1.165, 1.54) is 0 Å². The standard InChI is InChI=1S/C16H13NO3/c18-14(10-11-6-2-1-3-7-11)20-15-12-8-4-5-9-13(12)17-16(15)19/h1-9,15H,10H2,(H,17,19). The number of hydrogen-bond acceptors (Lipinski definition) is 3. The van der Waals surface area contributed by atoms with Crippen molar-refractivity contribution in [1.82, 2.24) is 0 Å². The normalized spacial score (nSPS) is 16.4. The number of para-hydroxylation sites is 1. The second-order valence-corrected chi connectivity index (χ2v) is 4.61. The lowest BCUT2D eigenvalue weighted by Crippen LogP contribution is -2.19. The second-order valence-electron chi connectivity index (χ2n) is 4.61. The topological polar surface area (TPSA) is 55.4 Å². The van der Waals surface area contributed by atoms with Gasteiger partial charge in [0, 0.05) is 11.3 Å². The molecular weight excluding hydrogens is 254 g/mol. The van der Waals surface area contributed by atoms with E-state index in [0.717, 1.165) is 5.56 Å². The van der Waals surface area contributed by atoms with Crippen molar-refractivity contribution in [3.63, 3.8) is 0 Å². The summed E-state index contributed by atoms with van der Waals surface area (Å²) in [6, 6.07) is 16.5. The van der Waals surface area contributed by atoms with Crippen molar-refractivity contribution in [1.29, 1.82) is 0 Å². The molecule has 2 aromatic rings. The largest absolute Gasteiger partial charge is 0.447 e. The molecule has 4 nitrogen and oxygen atoms in total. The van der Waals surface area contributed by atoms with E-state index >= 15 is 0 Å². The lowest BCUT2D eigenvalue weighted by Gasteiger charge is -2.10. The number of hydrogen-bond donors (Lipinski definition) is 1. The monoisotopic (exact) mass is 267 g/mol. The van der Waals surface area contributed by atoms with Crippen LogP contribution in [0.1, 0.15) is 17.2 Å². The van der Waals surface area contributed by atoms with E-state index in [9.17, 15) is 9.59 Å². The summed E-state index contributed by atoms with van der Waals surface area (Å²) >= 11 is 0. The van der Waals surface area contributed by atoms with Gasteiger partial charge < -0.3 is 10.1 Å². The highest BCUT2D eigenvalue weighted by molar-refractivity contribution is 6.02. The Bertz CT molecular complexity index is 652. The molecule has 0 bridgehead atoms. The maximum absolute atomic E-state index is 11.9. The fourth-order valence-corrected chi connectivity index (χ4v) is 2.23. The zero-order valence-corrected chi connectivity index (χ0v) is 10.7. The zero-order chi connectivity index (χ0) is 13.9. The maximum atomic E-state index is 11.9. The summed E-state index contributed by atoms with van der Waals surface area (Å²) in [6.45, 7) is 0. The minimum absolute atomic E-state index is 0.160. The summed E-state index contributed by atoms with van der Waals surface area (Å²) in [5.41, 5.74) is 2.28. The Morgan fingerprint density at radius 1 is 1.05 bits per heavy atom. The van der Waals surface area contributed by atoms with Crippen molar-refractivity contribution >= 4 is 17.6 Å². The van der Waals surface area contributed by atoms with Crippen molar-refractivity contribution < 1.29 is 14.3 Å². The number of anilines is 1. The molecule has 1 aliphatic heterocycles. The molecule has 100 valence electrons. The molecule has 1 N–H and O–H groups in total. The van der Waals surface area contributed by atoms with E-state index in [2.05, 4.69) is 5.32 Å². The molecule has 0 saturated heterocycles. The molecule has 4 heteroatoms. The first-order valence-electron chi connectivity index (χ1n) is 6.37. The molecule has 0 radical (unpaired) electrons. The summed E-state index contributed by atoms with van der Waals surface area (Å²) < 4.78 is 5.30. The van der Waals surface area contributed by atoms with Crippen LogP contribution in [0.15, 0.2) is 54.6 Å². The Labute approximate surface area is 116 Å². The van der Waals surface area contributed by atoms with Gasteiger partial charge in [0.05, 0.1) is 6.42 Å². The third-order valence-electron chi connectivity index (χ3n) is 3.18. The fraction of sp³-hybridized carbons (Fsp3) is 0.125. The molecule has 1 aliphatic rings. The summed E-state index contributed by atoms with van der Waals surface area (Å²) in [6.07, 6.45) is -0.685. The highest BCUT2D eigenvalue weighted by atomic mass is 16.5. The Hall–Kier alpha value is -2.62. The number of rotatable bonds is 3. The van der Waals surface area contributed by atoms with Crippen molar-refractivity contribution in [2.24, 2.45) is 0 Å². The first-order chi connectivity index (χ1) is 9.74. The van der Waals surface area contributed by atoms with Gasteiger partial charge in [-0.1, -0.05) is 48.5 Å². The maximum Gasteiger partial charge on any atom is 0.311 e. The van der Waals surface area contributed by atoms with E-state index in [4.69, 9.17) is 4.74 Å². The van der Waals surface area contributed by atoms with Gasteiger partial charge in [-0.05, 0) is 11.6 Å². The molecule has 0 spiro atoms. The van der Waals surface area contributed by atoms with E-state index in [0.29, 0.717) is 11.3 Å². The van der Waals surface area contributed by atoms with Crippen LogP contribution in [0.4, 0.5) is 5.69 Å². The smallest absolute Gasteiger partial charge is 0.311 e. The summed E-state index contributed by atoms with van der Waals surface area (Å²) in [5, 5.41) is 2.70. The third kappa shape index (κ3) is 2.40. The first kappa shape index (κ1) is 12.4. The highest BCUT2D eigenvalue weighted by Gasteiger charge is 2.33. The summed E-state index contributed by atoms with van der Waals surface area (Å²) in [7, 11) is 0. The Balaban J connectivity index is 1.72. The quantitative estimate of drug-likeness (QED) is 0.869. The average Bonchev–Trinajstić information content (AvgIpc) is 2.76. The molecular formula is C16H13NO3. The minimum Gasteiger partial charge on any atom is -0.447 e. The molecule has 0 aliphatic carbocycles. The van der Waals surface area contributed by atoms with E-state index in [1.54, 1.807) is 12.1 Å². The van der Waals surface area contributed by atoms with Crippen LogP contribution in [0.25, 0.3) is 0 Å². The molecule has 0 saturated carbocycles. The van der Waals surface area contributed by atoms with Crippen molar-refractivity contribution in [3.05, 3.63) is 65.7 Å². The second kappa shape index (κ2) is 5.17. The van der Waals surface area contributed by atoms with Crippen LogP contribution in [-0.2, 0) is 20.7 Å². The van der Waals surface area contributed by atoms with Gasteiger partial charge in [0.2, 0.25) is 6.10 Å². The predicted molar refractivity (Wildman–Crippen MR) is 74.1 cm³/mol. The van der Waals surface area contributed by atoms with Crippen molar-refractivity contribution in [2.75, 3.05) is 5.32 Å². The van der Waals surface area contributed by atoms with Gasteiger partial charge in [0.15, 0.2) is 0 Å². The van der Waals surface area contributed by atoms with E-state index < -0.39 is 12.1 Å². The van der Waals surface area contributed by atoms with Crippen LogP contribution in [0.2, 0.25) is 0 Å². The number of nitrogens with one attached hydrogen (secondary N) is 1. The number of fused-ring (bicyclic) bond motifs is 1. The molecule has 1 amide bonds. The lowest BCUT2D eigenvalue weighted by molar-refractivity contribution is -0.153. The van der Waals surface area contributed by atoms with Gasteiger partial charge in [-0.25, -0.2) is 0 Å². The summed E-state index contributed by atoms with van der Waals surface area (Å²) in [4.78, 5) is 23.8. The van der Waals surface area contributed by atoms with Crippen molar-refractivity contribution in [3.8, 4) is 0 Å². The van der Waals surface area contributed by atoms with E-state index in [1.807, 2.05) is 42.5 Å². The van der Waals surface area contributed by atoms with Crippen LogP contribution in [-0.4, -0.2) is 11.9 Å². The van der Waals surface area contributed by atoms with Crippen LogP contribution >= 0.6 is 0 Å². The van der Waals surface area contributed by atoms with Gasteiger partial charge in [-0.2, -0.15) is 0 Å².